The van der Waals surface area contributed by atoms with Crippen LogP contribution in [-0.2, 0) is 16.1 Å². The molecule has 16 heavy (non-hydrogen) atoms. The minimum absolute atomic E-state index is 0.0792. The van der Waals surface area contributed by atoms with Crippen LogP contribution in [0.25, 0.3) is 0 Å². The SMILES string of the molecule is COCc1ccc(C)c(O)c1C(N)C(=O)O. The van der Waals surface area contributed by atoms with Gasteiger partial charge in [0.05, 0.1) is 6.61 Å². The van der Waals surface area contributed by atoms with E-state index in [1.807, 2.05) is 0 Å². The molecule has 0 saturated carbocycles. The molecule has 0 heterocycles. The zero-order valence-corrected chi connectivity index (χ0v) is 9.23. The molecule has 0 aliphatic heterocycles. The van der Waals surface area contributed by atoms with Crippen LogP contribution in [0.4, 0.5) is 0 Å². The van der Waals surface area contributed by atoms with E-state index in [0.717, 1.165) is 0 Å². The Morgan fingerprint density at radius 1 is 1.56 bits per heavy atom. The maximum atomic E-state index is 10.8. The Labute approximate surface area is 93.5 Å². The second-order valence-electron chi connectivity index (χ2n) is 3.55. The summed E-state index contributed by atoms with van der Waals surface area (Å²) in [4.78, 5) is 10.8. The molecule has 0 aliphatic rings. The summed E-state index contributed by atoms with van der Waals surface area (Å²) in [6, 6.07) is 2.16. The van der Waals surface area contributed by atoms with Gasteiger partial charge in [-0.15, -0.1) is 0 Å². The Balaban J connectivity index is 3.30. The second kappa shape index (κ2) is 4.96. The lowest BCUT2D eigenvalue weighted by atomic mass is 9.97. The van der Waals surface area contributed by atoms with Gasteiger partial charge in [0.1, 0.15) is 11.8 Å². The lowest BCUT2D eigenvalue weighted by Crippen LogP contribution is -2.22. The molecule has 0 saturated heterocycles. The number of methoxy groups -OCH3 is 1. The lowest BCUT2D eigenvalue weighted by molar-refractivity contribution is -0.138. The Morgan fingerprint density at radius 2 is 2.19 bits per heavy atom. The van der Waals surface area contributed by atoms with Crippen molar-refractivity contribution in [2.24, 2.45) is 5.73 Å². The monoisotopic (exact) mass is 225 g/mol. The molecule has 0 aliphatic carbocycles. The van der Waals surface area contributed by atoms with Crippen molar-refractivity contribution in [3.8, 4) is 5.75 Å². The van der Waals surface area contributed by atoms with Crippen LogP contribution >= 0.6 is 0 Å². The van der Waals surface area contributed by atoms with Crippen LogP contribution < -0.4 is 5.73 Å². The van der Waals surface area contributed by atoms with E-state index in [0.29, 0.717) is 11.1 Å². The number of carbonyl (C=O) groups is 1. The highest BCUT2D eigenvalue weighted by atomic mass is 16.5. The summed E-state index contributed by atoms with van der Waals surface area (Å²) in [5.41, 5.74) is 6.91. The number of aryl methyl sites for hydroxylation is 1. The van der Waals surface area contributed by atoms with Gasteiger partial charge in [-0.3, -0.25) is 4.79 Å². The minimum atomic E-state index is -1.25. The summed E-state index contributed by atoms with van der Waals surface area (Å²) < 4.78 is 4.93. The fourth-order valence-corrected chi connectivity index (χ4v) is 1.51. The van der Waals surface area contributed by atoms with Crippen molar-refractivity contribution in [2.75, 3.05) is 7.11 Å². The number of hydrogen-bond donors (Lipinski definition) is 3. The van der Waals surface area contributed by atoms with Gasteiger partial charge < -0.3 is 20.7 Å². The summed E-state index contributed by atoms with van der Waals surface area (Å²) in [5.74, 6) is -1.26. The first-order chi connectivity index (χ1) is 7.49. The van der Waals surface area contributed by atoms with E-state index in [-0.39, 0.29) is 17.9 Å². The molecule has 1 rings (SSSR count). The van der Waals surface area contributed by atoms with Crippen LogP contribution in [0.5, 0.6) is 5.75 Å². The number of benzene rings is 1. The van der Waals surface area contributed by atoms with Crippen molar-refractivity contribution in [3.63, 3.8) is 0 Å². The molecule has 0 spiro atoms. The van der Waals surface area contributed by atoms with Crippen LogP contribution in [0.15, 0.2) is 12.1 Å². The Kier molecular flexibility index (Phi) is 3.87. The summed E-state index contributed by atoms with van der Waals surface area (Å²) in [6.45, 7) is 1.90. The number of phenolic OH excluding ortho intramolecular Hbond substituents is 1. The molecule has 5 nitrogen and oxygen atoms in total. The maximum Gasteiger partial charge on any atom is 0.325 e. The number of carboxylic acids is 1. The van der Waals surface area contributed by atoms with Crippen LogP contribution in [-0.4, -0.2) is 23.3 Å². The number of nitrogens with two attached hydrogens (primary N) is 1. The Bertz CT molecular complexity index is 403. The van der Waals surface area contributed by atoms with Gasteiger partial charge in [0.15, 0.2) is 0 Å². The zero-order chi connectivity index (χ0) is 12.3. The lowest BCUT2D eigenvalue weighted by Gasteiger charge is -2.16. The molecule has 1 aromatic rings. The van der Waals surface area contributed by atoms with Crippen LogP contribution in [0.2, 0.25) is 0 Å². The van der Waals surface area contributed by atoms with E-state index in [1.165, 1.54) is 7.11 Å². The van der Waals surface area contributed by atoms with Gasteiger partial charge >= 0.3 is 5.97 Å². The van der Waals surface area contributed by atoms with Gasteiger partial charge in [-0.1, -0.05) is 12.1 Å². The van der Waals surface area contributed by atoms with E-state index < -0.39 is 12.0 Å². The van der Waals surface area contributed by atoms with Gasteiger partial charge in [0.2, 0.25) is 0 Å². The molecule has 0 aromatic heterocycles. The quantitative estimate of drug-likeness (QED) is 0.708. The molecular formula is C11H15NO4. The second-order valence-corrected chi connectivity index (χ2v) is 3.55. The van der Waals surface area contributed by atoms with Crippen molar-refractivity contribution in [1.29, 1.82) is 0 Å². The highest BCUT2D eigenvalue weighted by Crippen LogP contribution is 2.30. The normalized spacial score (nSPS) is 12.4. The largest absolute Gasteiger partial charge is 0.507 e. The molecular weight excluding hydrogens is 210 g/mol. The predicted molar refractivity (Wildman–Crippen MR) is 58.1 cm³/mol. The van der Waals surface area contributed by atoms with Crippen molar-refractivity contribution in [2.45, 2.75) is 19.6 Å². The number of carboxylic acid groups (broad SMARTS) is 1. The summed E-state index contributed by atoms with van der Waals surface area (Å²) in [6.07, 6.45) is 0. The van der Waals surface area contributed by atoms with Crippen molar-refractivity contribution >= 4 is 5.97 Å². The van der Waals surface area contributed by atoms with Crippen molar-refractivity contribution in [1.82, 2.24) is 0 Å². The fraction of sp³-hybridized carbons (Fsp3) is 0.364. The number of ether oxygens (including phenoxy) is 1. The van der Waals surface area contributed by atoms with Crippen molar-refractivity contribution in [3.05, 3.63) is 28.8 Å². The van der Waals surface area contributed by atoms with E-state index in [4.69, 9.17) is 15.6 Å². The summed E-state index contributed by atoms with van der Waals surface area (Å²) in [5, 5.41) is 18.7. The molecule has 4 N–H and O–H groups in total. The predicted octanol–water partition coefficient (Wildman–Crippen LogP) is 0.931. The highest BCUT2D eigenvalue weighted by molar-refractivity contribution is 5.77. The van der Waals surface area contributed by atoms with Gasteiger partial charge in [-0.25, -0.2) is 0 Å². The van der Waals surface area contributed by atoms with Gasteiger partial charge in [0.25, 0.3) is 0 Å². The Hall–Kier alpha value is -1.59. The first kappa shape index (κ1) is 12.5. The van der Waals surface area contributed by atoms with E-state index >= 15 is 0 Å². The van der Waals surface area contributed by atoms with Gasteiger partial charge in [-0.2, -0.15) is 0 Å². The van der Waals surface area contributed by atoms with Crippen LogP contribution in [0.3, 0.4) is 0 Å². The number of aromatic hydroxyl groups is 1. The Morgan fingerprint density at radius 3 is 2.69 bits per heavy atom. The third-order valence-corrected chi connectivity index (χ3v) is 2.39. The van der Waals surface area contributed by atoms with E-state index in [1.54, 1.807) is 19.1 Å². The highest BCUT2D eigenvalue weighted by Gasteiger charge is 2.22. The smallest absolute Gasteiger partial charge is 0.325 e. The van der Waals surface area contributed by atoms with E-state index in [2.05, 4.69) is 0 Å². The molecule has 1 unspecified atom stereocenters. The molecule has 0 amide bonds. The number of phenols is 1. The summed E-state index contributed by atoms with van der Waals surface area (Å²) >= 11 is 0. The fourth-order valence-electron chi connectivity index (χ4n) is 1.51. The molecule has 0 fully saturated rings. The van der Waals surface area contributed by atoms with Crippen LogP contribution in [0, 0.1) is 6.92 Å². The molecule has 1 atom stereocenters. The standard InChI is InChI=1S/C11H15NO4/c1-6-3-4-7(5-16-2)8(10(6)13)9(12)11(14)15/h3-4,9,13H,5,12H2,1-2H3,(H,14,15). The minimum Gasteiger partial charge on any atom is -0.507 e. The van der Waals surface area contributed by atoms with Gasteiger partial charge in [-0.05, 0) is 18.1 Å². The van der Waals surface area contributed by atoms with Crippen LogP contribution in [0.1, 0.15) is 22.7 Å². The zero-order valence-electron chi connectivity index (χ0n) is 9.23. The third-order valence-electron chi connectivity index (χ3n) is 2.39. The summed E-state index contributed by atoms with van der Waals surface area (Å²) in [7, 11) is 1.49. The first-order valence-corrected chi connectivity index (χ1v) is 4.77. The number of rotatable bonds is 4. The topological polar surface area (TPSA) is 92.8 Å². The maximum absolute atomic E-state index is 10.8. The number of aliphatic carboxylic acids is 1. The van der Waals surface area contributed by atoms with Crippen molar-refractivity contribution < 1.29 is 19.7 Å². The molecule has 0 radical (unpaired) electrons. The van der Waals surface area contributed by atoms with Gasteiger partial charge in [0, 0.05) is 12.7 Å². The first-order valence-electron chi connectivity index (χ1n) is 4.77. The average Bonchev–Trinajstić information content (AvgIpc) is 2.23. The molecule has 5 heteroatoms. The molecule has 1 aromatic carbocycles. The number of hydrogen-bond acceptors (Lipinski definition) is 4. The average molecular weight is 225 g/mol. The molecule has 0 bridgehead atoms. The third kappa shape index (κ3) is 2.32. The molecule has 88 valence electrons. The van der Waals surface area contributed by atoms with E-state index in [9.17, 15) is 9.90 Å².